The SMILES string of the molecule is NCC1CCN(S(=O)(=O)c2ccc(C(F)(F)F)cc2)CC1. The Morgan fingerprint density at radius 2 is 1.67 bits per heavy atom. The molecule has 0 radical (unpaired) electrons. The highest BCUT2D eigenvalue weighted by molar-refractivity contribution is 7.89. The Balaban J connectivity index is 2.17. The normalized spacial score (nSPS) is 18.9. The molecule has 0 aromatic heterocycles. The van der Waals surface area contributed by atoms with Gasteiger partial charge in [0, 0.05) is 13.1 Å². The average Bonchev–Trinajstić information content (AvgIpc) is 2.46. The lowest BCUT2D eigenvalue weighted by atomic mass is 9.99. The van der Waals surface area contributed by atoms with Crippen molar-refractivity contribution in [3.05, 3.63) is 29.8 Å². The predicted octanol–water partition coefficient (Wildman–Crippen LogP) is 2.06. The molecule has 0 bridgehead atoms. The number of sulfonamides is 1. The van der Waals surface area contributed by atoms with E-state index in [9.17, 15) is 21.6 Å². The van der Waals surface area contributed by atoms with Crippen molar-refractivity contribution in [2.24, 2.45) is 11.7 Å². The summed E-state index contributed by atoms with van der Waals surface area (Å²) in [6, 6.07) is 3.60. The summed E-state index contributed by atoms with van der Waals surface area (Å²) in [5, 5.41) is 0. The molecular weight excluding hydrogens is 305 g/mol. The van der Waals surface area contributed by atoms with Crippen LogP contribution in [0.4, 0.5) is 13.2 Å². The zero-order valence-electron chi connectivity index (χ0n) is 11.3. The van der Waals surface area contributed by atoms with Crippen LogP contribution in [0.1, 0.15) is 18.4 Å². The lowest BCUT2D eigenvalue weighted by molar-refractivity contribution is -0.137. The molecule has 0 atom stereocenters. The van der Waals surface area contributed by atoms with Crippen molar-refractivity contribution in [3.8, 4) is 0 Å². The van der Waals surface area contributed by atoms with Gasteiger partial charge in [0.05, 0.1) is 10.5 Å². The molecule has 1 heterocycles. The molecule has 21 heavy (non-hydrogen) atoms. The first-order valence-corrected chi connectivity index (χ1v) is 8.06. The van der Waals surface area contributed by atoms with Crippen molar-refractivity contribution >= 4 is 10.0 Å². The Labute approximate surface area is 121 Å². The molecule has 2 N–H and O–H groups in total. The Kier molecular flexibility index (Phi) is 4.60. The van der Waals surface area contributed by atoms with Crippen LogP contribution in [0.15, 0.2) is 29.2 Å². The Bertz CT molecular complexity index is 576. The number of nitrogens with zero attached hydrogens (tertiary/aromatic N) is 1. The minimum absolute atomic E-state index is 0.110. The third-order valence-electron chi connectivity index (χ3n) is 3.73. The van der Waals surface area contributed by atoms with Gasteiger partial charge >= 0.3 is 6.18 Å². The maximum absolute atomic E-state index is 12.5. The number of hydrogen-bond donors (Lipinski definition) is 1. The Morgan fingerprint density at radius 3 is 2.10 bits per heavy atom. The molecule has 0 amide bonds. The van der Waals surface area contributed by atoms with Crippen molar-refractivity contribution in [2.75, 3.05) is 19.6 Å². The summed E-state index contributed by atoms with van der Waals surface area (Å²) < 4.78 is 63.5. The van der Waals surface area contributed by atoms with Gasteiger partial charge in [-0.05, 0) is 49.6 Å². The highest BCUT2D eigenvalue weighted by Gasteiger charge is 2.32. The molecule has 2 rings (SSSR count). The fraction of sp³-hybridized carbons (Fsp3) is 0.538. The van der Waals surface area contributed by atoms with Gasteiger partial charge in [-0.15, -0.1) is 0 Å². The molecule has 4 nitrogen and oxygen atoms in total. The number of rotatable bonds is 3. The van der Waals surface area contributed by atoms with Crippen molar-refractivity contribution in [2.45, 2.75) is 23.9 Å². The van der Waals surface area contributed by atoms with Crippen molar-refractivity contribution in [1.82, 2.24) is 4.31 Å². The minimum atomic E-state index is -4.47. The molecule has 0 saturated carbocycles. The van der Waals surface area contributed by atoms with Crippen molar-refractivity contribution in [3.63, 3.8) is 0 Å². The minimum Gasteiger partial charge on any atom is -0.330 e. The van der Waals surface area contributed by atoms with E-state index in [4.69, 9.17) is 5.73 Å². The van der Waals surface area contributed by atoms with Crippen LogP contribution in [0.5, 0.6) is 0 Å². The summed E-state index contributed by atoms with van der Waals surface area (Å²) in [4.78, 5) is -0.110. The van der Waals surface area contributed by atoms with E-state index in [0.29, 0.717) is 38.4 Å². The number of benzene rings is 1. The first-order valence-electron chi connectivity index (χ1n) is 6.62. The lowest BCUT2D eigenvalue weighted by Gasteiger charge is -2.30. The molecule has 0 spiro atoms. The number of alkyl halides is 3. The Morgan fingerprint density at radius 1 is 1.14 bits per heavy atom. The molecular formula is C13H17F3N2O2S. The first-order chi connectivity index (χ1) is 9.75. The van der Waals surface area contributed by atoms with Gasteiger partial charge in [-0.3, -0.25) is 0 Å². The number of piperidine rings is 1. The van der Waals surface area contributed by atoms with E-state index < -0.39 is 21.8 Å². The third kappa shape index (κ3) is 3.56. The summed E-state index contributed by atoms with van der Waals surface area (Å²) in [6.07, 6.45) is -3.12. The van der Waals surface area contributed by atoms with Crippen LogP contribution in [0, 0.1) is 5.92 Å². The van der Waals surface area contributed by atoms with E-state index in [1.54, 1.807) is 0 Å². The summed E-state index contributed by atoms with van der Waals surface area (Å²) in [5.74, 6) is 0.309. The standard InChI is InChI=1S/C13H17F3N2O2S/c14-13(15,16)11-1-3-12(4-2-11)21(19,20)18-7-5-10(9-17)6-8-18/h1-4,10H,5-9,17H2. The van der Waals surface area contributed by atoms with Crippen LogP contribution in [0.3, 0.4) is 0 Å². The second kappa shape index (κ2) is 5.94. The summed E-state index contributed by atoms with van der Waals surface area (Å²) in [5.41, 5.74) is 4.69. The molecule has 0 aliphatic carbocycles. The van der Waals surface area contributed by atoms with Crippen LogP contribution in [-0.4, -0.2) is 32.4 Å². The summed E-state index contributed by atoms with van der Waals surface area (Å²) in [6.45, 7) is 1.23. The monoisotopic (exact) mass is 322 g/mol. The largest absolute Gasteiger partial charge is 0.416 e. The van der Waals surface area contributed by atoms with Crippen molar-refractivity contribution < 1.29 is 21.6 Å². The van der Waals surface area contributed by atoms with Crippen molar-refractivity contribution in [1.29, 1.82) is 0 Å². The van der Waals surface area contributed by atoms with Gasteiger partial charge in [-0.25, -0.2) is 8.42 Å². The first kappa shape index (κ1) is 16.3. The average molecular weight is 322 g/mol. The van der Waals surface area contributed by atoms with Crippen LogP contribution < -0.4 is 5.73 Å². The number of halogens is 3. The van der Waals surface area contributed by atoms with Gasteiger partial charge in [-0.2, -0.15) is 17.5 Å². The van der Waals surface area contributed by atoms with E-state index >= 15 is 0 Å². The van der Waals surface area contributed by atoms with Crippen LogP contribution in [0.2, 0.25) is 0 Å². The van der Waals surface area contributed by atoms with Gasteiger partial charge in [0.1, 0.15) is 0 Å². The second-order valence-corrected chi connectivity index (χ2v) is 7.04. The number of hydrogen-bond acceptors (Lipinski definition) is 3. The Hall–Kier alpha value is -1.12. The zero-order valence-corrected chi connectivity index (χ0v) is 12.1. The van der Waals surface area contributed by atoms with Crippen LogP contribution in [0.25, 0.3) is 0 Å². The predicted molar refractivity (Wildman–Crippen MR) is 72.0 cm³/mol. The van der Waals surface area contributed by atoms with Gasteiger partial charge in [-0.1, -0.05) is 0 Å². The summed E-state index contributed by atoms with van der Waals surface area (Å²) >= 11 is 0. The highest BCUT2D eigenvalue weighted by Crippen LogP contribution is 2.30. The fourth-order valence-electron chi connectivity index (χ4n) is 2.35. The number of nitrogens with two attached hydrogens (primary N) is 1. The smallest absolute Gasteiger partial charge is 0.330 e. The molecule has 1 aromatic carbocycles. The zero-order chi connectivity index (χ0) is 15.7. The maximum Gasteiger partial charge on any atom is 0.416 e. The van der Waals surface area contributed by atoms with E-state index in [0.717, 1.165) is 24.3 Å². The van der Waals surface area contributed by atoms with E-state index in [1.807, 2.05) is 0 Å². The van der Waals surface area contributed by atoms with Gasteiger partial charge in [0.15, 0.2) is 0 Å². The van der Waals surface area contributed by atoms with E-state index in [1.165, 1.54) is 4.31 Å². The molecule has 1 fully saturated rings. The molecule has 0 unspecified atom stereocenters. The van der Waals surface area contributed by atoms with Gasteiger partial charge in [0.2, 0.25) is 10.0 Å². The molecule has 1 aliphatic heterocycles. The fourth-order valence-corrected chi connectivity index (χ4v) is 3.82. The molecule has 1 aliphatic rings. The molecule has 8 heteroatoms. The van der Waals surface area contributed by atoms with Gasteiger partial charge < -0.3 is 5.73 Å². The van der Waals surface area contributed by atoms with E-state index in [2.05, 4.69) is 0 Å². The van der Waals surface area contributed by atoms with Crippen LogP contribution >= 0.6 is 0 Å². The molecule has 1 saturated heterocycles. The quantitative estimate of drug-likeness (QED) is 0.926. The second-order valence-electron chi connectivity index (χ2n) is 5.11. The molecule has 1 aromatic rings. The third-order valence-corrected chi connectivity index (χ3v) is 5.64. The maximum atomic E-state index is 12.5. The topological polar surface area (TPSA) is 63.4 Å². The van der Waals surface area contributed by atoms with E-state index in [-0.39, 0.29) is 4.90 Å². The van der Waals surface area contributed by atoms with Crippen LogP contribution in [-0.2, 0) is 16.2 Å². The highest BCUT2D eigenvalue weighted by atomic mass is 32.2. The van der Waals surface area contributed by atoms with Gasteiger partial charge in [0.25, 0.3) is 0 Å². The molecule has 118 valence electrons. The summed E-state index contributed by atoms with van der Waals surface area (Å²) in [7, 11) is -3.73. The lowest BCUT2D eigenvalue weighted by Crippen LogP contribution is -2.40.